The molecule has 5 amide bonds. The summed E-state index contributed by atoms with van der Waals surface area (Å²) >= 11 is 0. The number of phenolic OH excluding ortho intramolecular Hbond substituents is 1. The fourth-order valence-corrected chi connectivity index (χ4v) is 6.01. The number of rotatable bonds is 12. The maximum absolute atomic E-state index is 14.2. The standard InChI is InChI=1S/C37H49N11O6/c1-48-30(20-23-10-13-24-6-2-3-7-25(24)18-23)35(54)46-28(9-5-17-43-37(40)41)33(52)45-27(8-4-16-42-36(38)39)34(53)47-29(32(51)44-21-31(48)50)19-22-11-14-26(49)15-12-22/h2-3,6-7,10-15,18,27-30,49H,4-5,8-9,16-17,19-21H2,1H3,(H,44,51)(H,45,52)(H,46,54)(H,47,53)(H4,38,39,42)(H4,40,41,43)/t27-,28+,29-,30+/m1/s1. The van der Waals surface area contributed by atoms with E-state index in [1.807, 2.05) is 42.5 Å². The van der Waals surface area contributed by atoms with Gasteiger partial charge < -0.3 is 54.2 Å². The highest BCUT2D eigenvalue weighted by molar-refractivity contribution is 5.97. The SMILES string of the molecule is CN1C(=O)CNC(=O)[C@@H](Cc2ccc(O)cc2)NC(=O)[C@@H](CCCN=C(N)N)NC(=O)[C@H](CCCN=C(N)N)NC(=O)[C@@H]1Cc1ccc2ccccc2c1. The van der Waals surface area contributed by atoms with Crippen LogP contribution in [0.2, 0.25) is 0 Å². The third-order valence-corrected chi connectivity index (χ3v) is 8.99. The monoisotopic (exact) mass is 743 g/mol. The number of nitrogens with two attached hydrogens (primary N) is 4. The second kappa shape index (κ2) is 19.4. The molecule has 4 rings (SSSR count). The number of carbonyl (C=O) groups is 5. The first-order valence-corrected chi connectivity index (χ1v) is 17.6. The van der Waals surface area contributed by atoms with Gasteiger partial charge in [0.25, 0.3) is 0 Å². The summed E-state index contributed by atoms with van der Waals surface area (Å²) in [5.41, 5.74) is 23.3. The third kappa shape index (κ3) is 12.1. The highest BCUT2D eigenvalue weighted by Crippen LogP contribution is 2.19. The molecule has 3 aromatic carbocycles. The number of likely N-dealkylation sites (N-methyl/N-ethyl adjacent to an activating group) is 1. The van der Waals surface area contributed by atoms with Crippen LogP contribution >= 0.6 is 0 Å². The maximum atomic E-state index is 14.2. The van der Waals surface area contributed by atoms with E-state index in [1.54, 1.807) is 12.1 Å². The normalized spacial score (nSPS) is 20.1. The molecule has 0 bridgehead atoms. The minimum atomic E-state index is -1.19. The van der Waals surface area contributed by atoms with Crippen molar-refractivity contribution in [2.24, 2.45) is 32.9 Å². The maximum Gasteiger partial charge on any atom is 0.243 e. The van der Waals surface area contributed by atoms with Gasteiger partial charge in [0.2, 0.25) is 29.5 Å². The molecule has 17 heteroatoms. The Morgan fingerprint density at radius 1 is 0.685 bits per heavy atom. The summed E-state index contributed by atoms with van der Waals surface area (Å²) in [7, 11) is 1.45. The van der Waals surface area contributed by atoms with Gasteiger partial charge >= 0.3 is 0 Å². The predicted molar refractivity (Wildman–Crippen MR) is 205 cm³/mol. The molecule has 0 spiro atoms. The lowest BCUT2D eigenvalue weighted by molar-refractivity contribution is -0.140. The quantitative estimate of drug-likeness (QED) is 0.0610. The molecule has 0 unspecified atom stereocenters. The zero-order valence-corrected chi connectivity index (χ0v) is 30.2. The number of amides is 5. The summed E-state index contributed by atoms with van der Waals surface area (Å²) < 4.78 is 0. The number of aromatic hydroxyl groups is 1. The second-order valence-corrected chi connectivity index (χ2v) is 13.1. The van der Waals surface area contributed by atoms with E-state index in [0.717, 1.165) is 16.3 Å². The van der Waals surface area contributed by atoms with Crippen LogP contribution in [-0.4, -0.2) is 102 Å². The Labute approximate surface area is 313 Å². The number of guanidine groups is 2. The van der Waals surface area contributed by atoms with Crippen molar-refractivity contribution in [3.63, 3.8) is 0 Å². The Bertz CT molecular complexity index is 1860. The summed E-state index contributed by atoms with van der Waals surface area (Å²) in [6.07, 6.45) is 0.804. The molecule has 0 aromatic heterocycles. The summed E-state index contributed by atoms with van der Waals surface area (Å²) in [4.78, 5) is 78.5. The molecule has 1 heterocycles. The topological polar surface area (TPSA) is 286 Å². The summed E-state index contributed by atoms with van der Waals surface area (Å²) in [6, 6.07) is 14.9. The molecule has 13 N–H and O–H groups in total. The van der Waals surface area contributed by atoms with Gasteiger partial charge in [-0.3, -0.25) is 34.0 Å². The van der Waals surface area contributed by atoms with Crippen molar-refractivity contribution in [3.8, 4) is 5.75 Å². The van der Waals surface area contributed by atoms with Crippen LogP contribution < -0.4 is 44.2 Å². The van der Waals surface area contributed by atoms with Crippen LogP contribution in [-0.2, 0) is 36.8 Å². The van der Waals surface area contributed by atoms with Crippen molar-refractivity contribution < 1.29 is 29.1 Å². The number of hydrogen-bond donors (Lipinski definition) is 9. The molecule has 54 heavy (non-hydrogen) atoms. The highest BCUT2D eigenvalue weighted by atomic mass is 16.3. The van der Waals surface area contributed by atoms with Crippen LogP contribution in [0.5, 0.6) is 5.75 Å². The Balaban J connectivity index is 1.71. The van der Waals surface area contributed by atoms with Crippen molar-refractivity contribution in [2.45, 2.75) is 62.7 Å². The Kier molecular flexibility index (Phi) is 14.5. The molecule has 0 aliphatic carbocycles. The van der Waals surface area contributed by atoms with E-state index < -0.39 is 60.2 Å². The first-order valence-electron chi connectivity index (χ1n) is 17.6. The van der Waals surface area contributed by atoms with E-state index in [2.05, 4.69) is 31.3 Å². The molecular formula is C37H49N11O6. The van der Waals surface area contributed by atoms with E-state index in [4.69, 9.17) is 22.9 Å². The molecule has 1 fully saturated rings. The molecule has 1 saturated heterocycles. The van der Waals surface area contributed by atoms with Crippen molar-refractivity contribution in [3.05, 3.63) is 77.9 Å². The first-order chi connectivity index (χ1) is 25.8. The number of hydrogen-bond acceptors (Lipinski definition) is 8. The Hall–Kier alpha value is -6.39. The average molecular weight is 744 g/mol. The van der Waals surface area contributed by atoms with Crippen LogP contribution in [0.25, 0.3) is 10.8 Å². The number of nitrogens with one attached hydrogen (secondary N) is 4. The van der Waals surface area contributed by atoms with Crippen LogP contribution in [0.15, 0.2) is 76.7 Å². The number of nitrogens with zero attached hydrogens (tertiary/aromatic N) is 3. The Morgan fingerprint density at radius 3 is 1.81 bits per heavy atom. The fourth-order valence-electron chi connectivity index (χ4n) is 6.01. The van der Waals surface area contributed by atoms with Crippen molar-refractivity contribution >= 4 is 52.2 Å². The van der Waals surface area contributed by atoms with Crippen LogP contribution in [0.1, 0.15) is 36.8 Å². The lowest BCUT2D eigenvalue weighted by atomic mass is 9.99. The van der Waals surface area contributed by atoms with Crippen LogP contribution in [0, 0.1) is 0 Å². The second-order valence-electron chi connectivity index (χ2n) is 13.1. The van der Waals surface area contributed by atoms with Gasteiger partial charge in [0.1, 0.15) is 29.9 Å². The van der Waals surface area contributed by atoms with Gasteiger partial charge in [0.15, 0.2) is 11.9 Å². The number of aliphatic imine (C=N–C) groups is 2. The van der Waals surface area contributed by atoms with Gasteiger partial charge in [-0.2, -0.15) is 0 Å². The zero-order valence-electron chi connectivity index (χ0n) is 30.2. The number of phenols is 1. The number of benzene rings is 3. The molecule has 3 aromatic rings. The van der Waals surface area contributed by atoms with Gasteiger partial charge in [0.05, 0.1) is 6.54 Å². The van der Waals surface area contributed by atoms with Gasteiger partial charge in [0, 0.05) is 33.0 Å². The molecule has 1 aliphatic rings. The molecule has 0 saturated carbocycles. The van der Waals surface area contributed by atoms with E-state index in [0.29, 0.717) is 5.56 Å². The van der Waals surface area contributed by atoms with Gasteiger partial charge in [-0.25, -0.2) is 0 Å². The Morgan fingerprint density at radius 2 is 1.22 bits per heavy atom. The first kappa shape index (κ1) is 40.4. The van der Waals surface area contributed by atoms with Crippen molar-refractivity contribution in [1.29, 1.82) is 0 Å². The molecule has 17 nitrogen and oxygen atoms in total. The van der Waals surface area contributed by atoms with E-state index in [-0.39, 0.29) is 69.3 Å². The lowest BCUT2D eigenvalue weighted by Crippen LogP contribution is -2.58. The molecule has 0 radical (unpaired) electrons. The van der Waals surface area contributed by atoms with E-state index >= 15 is 0 Å². The number of fused-ring (bicyclic) bond motifs is 1. The highest BCUT2D eigenvalue weighted by Gasteiger charge is 2.34. The minimum Gasteiger partial charge on any atom is -0.508 e. The average Bonchev–Trinajstić information content (AvgIpc) is 3.14. The van der Waals surface area contributed by atoms with Gasteiger partial charge in [-0.15, -0.1) is 0 Å². The van der Waals surface area contributed by atoms with E-state index in [1.165, 1.54) is 24.1 Å². The fraction of sp³-hybridized carbons (Fsp3) is 0.378. The molecule has 1 aliphatic heterocycles. The molecular weight excluding hydrogens is 694 g/mol. The van der Waals surface area contributed by atoms with Gasteiger partial charge in [-0.1, -0.05) is 54.6 Å². The van der Waals surface area contributed by atoms with Crippen molar-refractivity contribution in [1.82, 2.24) is 26.2 Å². The summed E-state index contributed by atoms with van der Waals surface area (Å²) in [6.45, 7) is -0.168. The summed E-state index contributed by atoms with van der Waals surface area (Å²) in [5.74, 6) is -3.51. The molecule has 4 atom stereocenters. The third-order valence-electron chi connectivity index (χ3n) is 8.99. The van der Waals surface area contributed by atoms with Crippen LogP contribution in [0.4, 0.5) is 0 Å². The largest absolute Gasteiger partial charge is 0.508 e. The molecule has 288 valence electrons. The number of carbonyl (C=O) groups excluding carboxylic acids is 5. The van der Waals surface area contributed by atoms with Gasteiger partial charge in [-0.05, 0) is 59.7 Å². The predicted octanol–water partition coefficient (Wildman–Crippen LogP) is -1.15. The van der Waals surface area contributed by atoms with Crippen molar-refractivity contribution in [2.75, 3.05) is 26.7 Å². The smallest absolute Gasteiger partial charge is 0.243 e. The van der Waals surface area contributed by atoms with E-state index in [9.17, 15) is 29.1 Å². The zero-order chi connectivity index (χ0) is 39.2. The summed E-state index contributed by atoms with van der Waals surface area (Å²) in [5, 5.41) is 22.6. The minimum absolute atomic E-state index is 0.00536. The lowest BCUT2D eigenvalue weighted by Gasteiger charge is -2.30. The van der Waals surface area contributed by atoms with Crippen LogP contribution in [0.3, 0.4) is 0 Å².